The van der Waals surface area contributed by atoms with E-state index in [1.807, 2.05) is 6.07 Å². The predicted molar refractivity (Wildman–Crippen MR) is 88.5 cm³/mol. The van der Waals surface area contributed by atoms with Gasteiger partial charge in [-0.15, -0.1) is 0 Å². The van der Waals surface area contributed by atoms with E-state index in [-0.39, 0.29) is 0 Å². The number of rotatable bonds is 4. The first kappa shape index (κ1) is 14.0. The summed E-state index contributed by atoms with van der Waals surface area (Å²) in [6.07, 6.45) is 7.89. The molecule has 4 nitrogen and oxygen atoms in total. The van der Waals surface area contributed by atoms with Crippen LogP contribution in [0, 0.1) is 0 Å². The Morgan fingerprint density at radius 3 is 2.50 bits per heavy atom. The monoisotopic (exact) mass is 296 g/mol. The minimum Gasteiger partial charge on any atom is -0.328 e. The molecule has 0 saturated heterocycles. The van der Waals surface area contributed by atoms with Crippen molar-refractivity contribution in [3.8, 4) is 11.3 Å². The molecule has 2 saturated carbocycles. The smallest absolute Gasteiger partial charge is 0.0650 e. The molecule has 4 rings (SSSR count). The van der Waals surface area contributed by atoms with Crippen LogP contribution in [0.15, 0.2) is 36.5 Å². The molecule has 1 heterocycles. The van der Waals surface area contributed by atoms with E-state index >= 15 is 0 Å². The molecule has 1 aromatic heterocycles. The standard InChI is InChI=1S/C18H24N4/c19-14-5-7-15(8-6-14)21-18-11-16(18)12-1-3-13(4-2-12)17-9-10-20-22-17/h1-4,9-10,14-16,18,21H,5-8,11,19H2,(H,20,22)/t14?,15?,16?,18-/m0/s1. The van der Waals surface area contributed by atoms with Crippen molar-refractivity contribution in [1.29, 1.82) is 0 Å². The van der Waals surface area contributed by atoms with Gasteiger partial charge < -0.3 is 11.1 Å². The zero-order chi connectivity index (χ0) is 14.9. The van der Waals surface area contributed by atoms with Gasteiger partial charge in [-0.2, -0.15) is 5.10 Å². The van der Waals surface area contributed by atoms with Crippen molar-refractivity contribution in [1.82, 2.24) is 15.5 Å². The number of hydrogen-bond acceptors (Lipinski definition) is 3. The van der Waals surface area contributed by atoms with Gasteiger partial charge in [0.15, 0.2) is 0 Å². The van der Waals surface area contributed by atoms with Crippen LogP contribution in [-0.2, 0) is 0 Å². The minimum absolute atomic E-state index is 0.433. The Morgan fingerprint density at radius 1 is 1.05 bits per heavy atom. The Morgan fingerprint density at radius 2 is 1.82 bits per heavy atom. The first-order valence-electron chi connectivity index (χ1n) is 8.41. The van der Waals surface area contributed by atoms with E-state index in [9.17, 15) is 0 Å². The molecule has 0 radical (unpaired) electrons. The van der Waals surface area contributed by atoms with E-state index in [2.05, 4.69) is 39.8 Å². The number of H-pyrrole nitrogens is 1. The van der Waals surface area contributed by atoms with Crippen molar-refractivity contribution in [3.05, 3.63) is 42.1 Å². The van der Waals surface area contributed by atoms with Crippen LogP contribution in [0.25, 0.3) is 11.3 Å². The van der Waals surface area contributed by atoms with Gasteiger partial charge in [-0.25, -0.2) is 0 Å². The molecule has 2 aliphatic carbocycles. The number of nitrogens with one attached hydrogen (secondary N) is 2. The third kappa shape index (κ3) is 2.94. The fraction of sp³-hybridized carbons (Fsp3) is 0.500. The highest BCUT2D eigenvalue weighted by Gasteiger charge is 2.39. The second-order valence-corrected chi connectivity index (χ2v) is 6.82. The summed E-state index contributed by atoms with van der Waals surface area (Å²) >= 11 is 0. The third-order valence-corrected chi connectivity index (χ3v) is 5.16. The van der Waals surface area contributed by atoms with E-state index in [0.29, 0.717) is 24.0 Å². The number of benzene rings is 1. The van der Waals surface area contributed by atoms with Gasteiger partial charge in [-0.3, -0.25) is 5.10 Å². The molecule has 0 bridgehead atoms. The molecule has 1 unspecified atom stereocenters. The minimum atomic E-state index is 0.433. The van der Waals surface area contributed by atoms with E-state index < -0.39 is 0 Å². The molecule has 0 amide bonds. The van der Waals surface area contributed by atoms with Gasteiger partial charge in [0.1, 0.15) is 0 Å². The van der Waals surface area contributed by atoms with Gasteiger partial charge in [0.2, 0.25) is 0 Å². The quantitative estimate of drug-likeness (QED) is 0.813. The maximum atomic E-state index is 5.98. The fourth-order valence-corrected chi connectivity index (χ4v) is 3.66. The van der Waals surface area contributed by atoms with Crippen molar-refractivity contribution < 1.29 is 0 Å². The zero-order valence-corrected chi connectivity index (χ0v) is 12.8. The molecule has 0 aliphatic heterocycles. The van der Waals surface area contributed by atoms with Crippen molar-refractivity contribution in [2.45, 2.75) is 56.1 Å². The van der Waals surface area contributed by atoms with Gasteiger partial charge >= 0.3 is 0 Å². The van der Waals surface area contributed by atoms with Crippen molar-refractivity contribution in [3.63, 3.8) is 0 Å². The van der Waals surface area contributed by atoms with Gasteiger partial charge in [0, 0.05) is 30.2 Å². The molecule has 2 atom stereocenters. The Kier molecular flexibility index (Phi) is 3.72. The summed E-state index contributed by atoms with van der Waals surface area (Å²) in [6.45, 7) is 0. The molecule has 116 valence electrons. The topological polar surface area (TPSA) is 66.7 Å². The Labute approximate surface area is 131 Å². The Bertz CT molecular complexity index is 597. The van der Waals surface area contributed by atoms with Gasteiger partial charge in [0.25, 0.3) is 0 Å². The third-order valence-electron chi connectivity index (χ3n) is 5.16. The molecule has 1 aromatic carbocycles. The van der Waals surface area contributed by atoms with Crippen LogP contribution in [0.1, 0.15) is 43.6 Å². The van der Waals surface area contributed by atoms with Crippen molar-refractivity contribution in [2.24, 2.45) is 5.73 Å². The zero-order valence-electron chi connectivity index (χ0n) is 12.8. The average Bonchev–Trinajstić information content (AvgIpc) is 3.09. The lowest BCUT2D eigenvalue weighted by Gasteiger charge is -2.27. The molecule has 0 spiro atoms. The number of aromatic amines is 1. The van der Waals surface area contributed by atoms with Crippen LogP contribution in [-0.4, -0.2) is 28.3 Å². The number of nitrogens with zero attached hydrogens (tertiary/aromatic N) is 1. The number of hydrogen-bond donors (Lipinski definition) is 3. The Balaban J connectivity index is 1.34. The van der Waals surface area contributed by atoms with Gasteiger partial charge in [-0.05, 0) is 49.3 Å². The van der Waals surface area contributed by atoms with Gasteiger partial charge in [0.05, 0.1) is 5.69 Å². The second-order valence-electron chi connectivity index (χ2n) is 6.82. The maximum absolute atomic E-state index is 5.98. The lowest BCUT2D eigenvalue weighted by atomic mass is 9.92. The van der Waals surface area contributed by atoms with Crippen LogP contribution in [0.2, 0.25) is 0 Å². The SMILES string of the molecule is NC1CCC(N[C@H]2CC2c2ccc(-c3ccn[nH]3)cc2)CC1. The molecule has 2 aliphatic rings. The first-order valence-corrected chi connectivity index (χ1v) is 8.41. The van der Waals surface area contributed by atoms with Crippen LogP contribution in [0.5, 0.6) is 0 Å². The lowest BCUT2D eigenvalue weighted by molar-refractivity contribution is 0.339. The molecule has 22 heavy (non-hydrogen) atoms. The van der Waals surface area contributed by atoms with Crippen molar-refractivity contribution >= 4 is 0 Å². The molecular weight excluding hydrogens is 272 g/mol. The van der Waals surface area contributed by atoms with Crippen LogP contribution in [0.3, 0.4) is 0 Å². The highest BCUT2D eigenvalue weighted by atomic mass is 15.1. The largest absolute Gasteiger partial charge is 0.328 e. The molecule has 4 N–H and O–H groups in total. The van der Waals surface area contributed by atoms with Crippen LogP contribution < -0.4 is 11.1 Å². The second kappa shape index (κ2) is 5.86. The molecule has 2 aromatic rings. The van der Waals surface area contributed by atoms with Crippen molar-refractivity contribution in [2.75, 3.05) is 0 Å². The highest BCUT2D eigenvalue weighted by molar-refractivity contribution is 5.59. The number of aromatic nitrogens is 2. The molecule has 2 fully saturated rings. The summed E-state index contributed by atoms with van der Waals surface area (Å²) in [4.78, 5) is 0. The summed E-state index contributed by atoms with van der Waals surface area (Å²) in [5.41, 5.74) is 9.71. The van der Waals surface area contributed by atoms with Crippen LogP contribution >= 0.6 is 0 Å². The normalized spacial score (nSPS) is 31.1. The van der Waals surface area contributed by atoms with Crippen LogP contribution in [0.4, 0.5) is 0 Å². The fourth-order valence-electron chi connectivity index (χ4n) is 3.66. The highest BCUT2D eigenvalue weighted by Crippen LogP contribution is 2.42. The summed E-state index contributed by atoms with van der Waals surface area (Å²) in [5.74, 6) is 0.686. The van der Waals surface area contributed by atoms with Gasteiger partial charge in [-0.1, -0.05) is 24.3 Å². The molecular formula is C18H24N4. The summed E-state index contributed by atoms with van der Waals surface area (Å²) in [7, 11) is 0. The summed E-state index contributed by atoms with van der Waals surface area (Å²) < 4.78 is 0. The average molecular weight is 296 g/mol. The maximum Gasteiger partial charge on any atom is 0.0650 e. The summed E-state index contributed by atoms with van der Waals surface area (Å²) in [6, 6.07) is 12.7. The van der Waals surface area contributed by atoms with E-state index in [1.54, 1.807) is 6.20 Å². The van der Waals surface area contributed by atoms with E-state index in [4.69, 9.17) is 5.73 Å². The predicted octanol–water partition coefficient (Wildman–Crippen LogP) is 2.79. The molecule has 4 heteroatoms. The Hall–Kier alpha value is -1.65. The summed E-state index contributed by atoms with van der Waals surface area (Å²) in [5, 5.41) is 10.9. The first-order chi connectivity index (χ1) is 10.8. The lowest BCUT2D eigenvalue weighted by Crippen LogP contribution is -2.38. The van der Waals surface area contributed by atoms with E-state index in [1.165, 1.54) is 43.2 Å². The van der Waals surface area contributed by atoms with E-state index in [0.717, 1.165) is 5.69 Å². The number of nitrogens with two attached hydrogens (primary N) is 1.